The lowest BCUT2D eigenvalue weighted by molar-refractivity contribution is 0.0698. The molecule has 0 atom stereocenters. The first-order chi connectivity index (χ1) is 9.75. The van der Waals surface area contributed by atoms with Crippen molar-refractivity contribution in [1.82, 2.24) is 9.99 Å². The first-order valence-electron chi connectivity index (χ1n) is 6.88. The van der Waals surface area contributed by atoms with Gasteiger partial charge in [0.2, 0.25) is 0 Å². The van der Waals surface area contributed by atoms with Gasteiger partial charge >= 0.3 is 5.97 Å². The molecule has 1 aliphatic heterocycles. The van der Waals surface area contributed by atoms with Crippen molar-refractivity contribution in [3.05, 3.63) is 36.0 Å². The molecular weight excluding hydrogens is 254 g/mol. The maximum Gasteiger partial charge on any atom is 0.337 e. The average Bonchev–Trinajstić information content (AvgIpc) is 2.48. The van der Waals surface area contributed by atoms with Crippen LogP contribution >= 0.6 is 0 Å². The van der Waals surface area contributed by atoms with Crippen molar-refractivity contribution in [3.63, 3.8) is 0 Å². The zero-order chi connectivity index (χ0) is 13.9. The van der Waals surface area contributed by atoms with Gasteiger partial charge in [-0.15, -0.1) is 0 Å². The smallest absolute Gasteiger partial charge is 0.337 e. The summed E-state index contributed by atoms with van der Waals surface area (Å²) in [7, 11) is 0. The number of carboxylic acids is 1. The summed E-state index contributed by atoms with van der Waals surface area (Å²) in [6.07, 6.45) is 5.05. The number of piperidine rings is 1. The predicted molar refractivity (Wildman–Crippen MR) is 77.7 cm³/mol. The molecule has 0 spiro atoms. The molecule has 1 saturated heterocycles. The number of anilines is 1. The molecule has 1 aromatic heterocycles. The fourth-order valence-electron chi connectivity index (χ4n) is 2.61. The van der Waals surface area contributed by atoms with Crippen LogP contribution < -0.4 is 5.43 Å². The number of benzene rings is 1. The van der Waals surface area contributed by atoms with Gasteiger partial charge in [-0.25, -0.2) is 14.8 Å². The van der Waals surface area contributed by atoms with Gasteiger partial charge in [-0.3, -0.25) is 0 Å². The topological polar surface area (TPSA) is 65.5 Å². The Morgan fingerprint density at radius 2 is 1.85 bits per heavy atom. The molecule has 1 aromatic carbocycles. The number of aromatic nitrogens is 1. The highest BCUT2D eigenvalue weighted by molar-refractivity contribution is 6.06. The number of fused-ring (bicyclic) bond motifs is 1. The molecular formula is C15H17N3O2. The minimum Gasteiger partial charge on any atom is -0.478 e. The summed E-state index contributed by atoms with van der Waals surface area (Å²) in [6, 6.07) is 7.47. The van der Waals surface area contributed by atoms with Crippen LogP contribution in [0.1, 0.15) is 29.6 Å². The van der Waals surface area contributed by atoms with Crippen LogP contribution in [0.5, 0.6) is 0 Å². The Kier molecular flexibility index (Phi) is 3.52. The lowest BCUT2D eigenvalue weighted by Crippen LogP contribution is -2.35. The number of hydrogen-bond donors (Lipinski definition) is 2. The highest BCUT2D eigenvalue weighted by Crippen LogP contribution is 2.25. The fourth-order valence-corrected chi connectivity index (χ4v) is 2.61. The molecule has 5 heteroatoms. The maximum absolute atomic E-state index is 11.2. The van der Waals surface area contributed by atoms with Gasteiger partial charge in [-0.1, -0.05) is 30.7 Å². The minimum atomic E-state index is -0.946. The second-order valence-corrected chi connectivity index (χ2v) is 5.03. The average molecular weight is 271 g/mol. The Morgan fingerprint density at radius 3 is 2.55 bits per heavy atom. The van der Waals surface area contributed by atoms with Crippen molar-refractivity contribution in [3.8, 4) is 0 Å². The molecule has 0 unspecified atom stereocenters. The van der Waals surface area contributed by atoms with Gasteiger partial charge in [-0.2, -0.15) is 0 Å². The van der Waals surface area contributed by atoms with Crippen LogP contribution in [0.3, 0.4) is 0 Å². The zero-order valence-corrected chi connectivity index (χ0v) is 11.2. The van der Waals surface area contributed by atoms with E-state index in [1.165, 1.54) is 25.5 Å². The SMILES string of the molecule is O=C(O)c1cnc(NN2CCCCC2)c2ccccc12. The molecule has 2 heterocycles. The second kappa shape index (κ2) is 5.46. The van der Waals surface area contributed by atoms with E-state index in [2.05, 4.69) is 15.4 Å². The van der Waals surface area contributed by atoms with Gasteiger partial charge in [0.05, 0.1) is 5.56 Å². The molecule has 2 aromatic rings. The van der Waals surface area contributed by atoms with Crippen molar-refractivity contribution < 1.29 is 9.90 Å². The lowest BCUT2D eigenvalue weighted by atomic mass is 10.1. The first-order valence-corrected chi connectivity index (χ1v) is 6.88. The number of rotatable bonds is 3. The molecule has 0 amide bonds. The van der Waals surface area contributed by atoms with Crippen LogP contribution in [0.25, 0.3) is 10.8 Å². The van der Waals surface area contributed by atoms with Crippen LogP contribution in [-0.4, -0.2) is 34.2 Å². The summed E-state index contributed by atoms with van der Waals surface area (Å²) in [5.74, 6) is -0.217. The van der Waals surface area contributed by atoms with E-state index in [9.17, 15) is 9.90 Å². The Bertz CT molecular complexity index is 636. The first kappa shape index (κ1) is 12.9. The molecule has 20 heavy (non-hydrogen) atoms. The Hall–Kier alpha value is -2.14. The number of nitrogens with one attached hydrogen (secondary N) is 1. The van der Waals surface area contributed by atoms with E-state index in [1.807, 2.05) is 24.3 Å². The summed E-state index contributed by atoms with van der Waals surface area (Å²) in [5, 5.41) is 12.9. The van der Waals surface area contributed by atoms with Crippen molar-refractivity contribution >= 4 is 22.6 Å². The van der Waals surface area contributed by atoms with Gasteiger partial charge in [0.15, 0.2) is 0 Å². The number of nitrogens with zero attached hydrogens (tertiary/aromatic N) is 2. The van der Waals surface area contributed by atoms with Crippen molar-refractivity contribution in [1.29, 1.82) is 0 Å². The highest BCUT2D eigenvalue weighted by atomic mass is 16.4. The van der Waals surface area contributed by atoms with Crippen LogP contribution in [-0.2, 0) is 0 Å². The van der Waals surface area contributed by atoms with E-state index in [4.69, 9.17) is 0 Å². The van der Waals surface area contributed by atoms with Crippen LogP contribution in [0, 0.1) is 0 Å². The summed E-state index contributed by atoms with van der Waals surface area (Å²) in [6.45, 7) is 1.99. The zero-order valence-electron chi connectivity index (χ0n) is 11.2. The van der Waals surface area contributed by atoms with E-state index in [1.54, 1.807) is 0 Å². The molecule has 104 valence electrons. The van der Waals surface area contributed by atoms with Crippen molar-refractivity contribution in [2.24, 2.45) is 0 Å². The number of hydrazine groups is 1. The standard InChI is InChI=1S/C15H17N3O2/c19-15(20)13-10-16-14(12-7-3-2-6-11(12)13)17-18-8-4-1-5-9-18/h2-3,6-7,10H,1,4-5,8-9H2,(H,16,17)(H,19,20). The normalized spacial score (nSPS) is 16.2. The van der Waals surface area contributed by atoms with E-state index in [0.29, 0.717) is 0 Å². The monoisotopic (exact) mass is 271 g/mol. The molecule has 0 saturated carbocycles. The Balaban J connectivity index is 1.99. The molecule has 5 nitrogen and oxygen atoms in total. The van der Waals surface area contributed by atoms with Crippen molar-refractivity contribution in [2.75, 3.05) is 18.5 Å². The van der Waals surface area contributed by atoms with E-state index in [0.717, 1.165) is 29.7 Å². The van der Waals surface area contributed by atoms with Crippen LogP contribution in [0.4, 0.5) is 5.82 Å². The lowest BCUT2D eigenvalue weighted by Gasteiger charge is -2.27. The quantitative estimate of drug-likeness (QED) is 0.898. The van der Waals surface area contributed by atoms with Crippen LogP contribution in [0.15, 0.2) is 30.5 Å². The third-order valence-electron chi connectivity index (χ3n) is 3.65. The molecule has 0 radical (unpaired) electrons. The summed E-state index contributed by atoms with van der Waals surface area (Å²) in [5.41, 5.74) is 3.56. The summed E-state index contributed by atoms with van der Waals surface area (Å²) >= 11 is 0. The number of hydrogen-bond acceptors (Lipinski definition) is 4. The second-order valence-electron chi connectivity index (χ2n) is 5.03. The van der Waals surface area contributed by atoms with E-state index >= 15 is 0 Å². The van der Waals surface area contributed by atoms with Crippen LogP contribution in [0.2, 0.25) is 0 Å². The molecule has 2 N–H and O–H groups in total. The van der Waals surface area contributed by atoms with Gasteiger partial charge in [0, 0.05) is 30.1 Å². The molecule has 0 bridgehead atoms. The van der Waals surface area contributed by atoms with Gasteiger partial charge < -0.3 is 10.5 Å². The molecule has 1 aliphatic rings. The summed E-state index contributed by atoms with van der Waals surface area (Å²) in [4.78, 5) is 15.5. The third-order valence-corrected chi connectivity index (χ3v) is 3.65. The fraction of sp³-hybridized carbons (Fsp3) is 0.333. The third kappa shape index (κ3) is 2.44. The number of carboxylic acid groups (broad SMARTS) is 1. The van der Waals surface area contributed by atoms with E-state index in [-0.39, 0.29) is 5.56 Å². The van der Waals surface area contributed by atoms with E-state index < -0.39 is 5.97 Å². The van der Waals surface area contributed by atoms with Crippen molar-refractivity contribution in [2.45, 2.75) is 19.3 Å². The minimum absolute atomic E-state index is 0.241. The Labute approximate surface area is 117 Å². The van der Waals surface area contributed by atoms with Gasteiger partial charge in [0.25, 0.3) is 0 Å². The maximum atomic E-state index is 11.2. The van der Waals surface area contributed by atoms with Gasteiger partial charge in [-0.05, 0) is 12.8 Å². The number of pyridine rings is 1. The van der Waals surface area contributed by atoms with Gasteiger partial charge in [0.1, 0.15) is 5.82 Å². The highest BCUT2D eigenvalue weighted by Gasteiger charge is 2.15. The largest absolute Gasteiger partial charge is 0.478 e. The Morgan fingerprint density at radius 1 is 1.15 bits per heavy atom. The predicted octanol–water partition coefficient (Wildman–Crippen LogP) is 2.75. The number of aromatic carboxylic acids is 1. The molecule has 3 rings (SSSR count). The number of carbonyl (C=O) groups is 1. The molecule has 1 fully saturated rings. The molecule has 0 aliphatic carbocycles. The summed E-state index contributed by atoms with van der Waals surface area (Å²) < 4.78 is 0.